The third-order valence-corrected chi connectivity index (χ3v) is 7.33. The summed E-state index contributed by atoms with van der Waals surface area (Å²) >= 11 is 0. The molecule has 0 aliphatic heterocycles. The van der Waals surface area contributed by atoms with Crippen molar-refractivity contribution in [2.75, 3.05) is 19.7 Å². The number of nitrogens with two attached hydrogens (primary N) is 1. The van der Waals surface area contributed by atoms with E-state index in [1.165, 1.54) is 12.1 Å². The van der Waals surface area contributed by atoms with Crippen LogP contribution in [0.2, 0.25) is 0 Å². The summed E-state index contributed by atoms with van der Waals surface area (Å²) < 4.78 is 5.47. The molecular formula is C32H36N4O7. The highest BCUT2D eigenvalue weighted by Crippen LogP contribution is 2.44. The van der Waals surface area contributed by atoms with Gasteiger partial charge in [-0.15, -0.1) is 0 Å². The third-order valence-electron chi connectivity index (χ3n) is 7.33. The van der Waals surface area contributed by atoms with E-state index in [0.29, 0.717) is 24.9 Å². The van der Waals surface area contributed by atoms with Gasteiger partial charge < -0.3 is 36.6 Å². The predicted octanol–water partition coefficient (Wildman–Crippen LogP) is 2.66. The number of ether oxygens (including phenoxy) is 1. The number of carboxylic acids is 1. The molecule has 4 rings (SSSR count). The van der Waals surface area contributed by atoms with Crippen molar-refractivity contribution >= 4 is 23.9 Å². The summed E-state index contributed by atoms with van der Waals surface area (Å²) in [6, 6.07) is 19.6. The lowest BCUT2D eigenvalue weighted by Crippen LogP contribution is -2.54. The number of nitrogens with one attached hydrogen (secondary N) is 3. The van der Waals surface area contributed by atoms with Gasteiger partial charge in [-0.25, -0.2) is 9.59 Å². The summed E-state index contributed by atoms with van der Waals surface area (Å²) in [5.41, 5.74) is 10.4. The van der Waals surface area contributed by atoms with Crippen molar-refractivity contribution in [3.05, 3.63) is 89.5 Å². The molecule has 226 valence electrons. The minimum atomic E-state index is -1.20. The fourth-order valence-corrected chi connectivity index (χ4v) is 5.15. The van der Waals surface area contributed by atoms with Gasteiger partial charge in [0.05, 0.1) is 0 Å². The van der Waals surface area contributed by atoms with Crippen LogP contribution in [0.15, 0.2) is 72.8 Å². The van der Waals surface area contributed by atoms with E-state index < -0.39 is 42.5 Å². The first-order valence-electron chi connectivity index (χ1n) is 14.2. The number of phenolic OH excluding ortho intramolecular Hbond substituents is 1. The molecule has 0 unspecified atom stereocenters. The first kappa shape index (κ1) is 31.0. The molecule has 0 spiro atoms. The smallest absolute Gasteiger partial charge is 0.407 e. The lowest BCUT2D eigenvalue weighted by Gasteiger charge is -2.22. The zero-order valence-corrected chi connectivity index (χ0v) is 23.6. The Hall–Kier alpha value is -4.90. The number of benzene rings is 3. The summed E-state index contributed by atoms with van der Waals surface area (Å²) in [6.07, 6.45) is 0.531. The number of phenols is 1. The maximum atomic E-state index is 13.1. The van der Waals surface area contributed by atoms with E-state index in [4.69, 9.17) is 10.5 Å². The largest absolute Gasteiger partial charge is 0.508 e. The second kappa shape index (κ2) is 14.8. The number of carbonyl (C=O) groups excluding carboxylic acids is 3. The Labute approximate surface area is 249 Å². The van der Waals surface area contributed by atoms with Crippen LogP contribution >= 0.6 is 0 Å². The highest BCUT2D eigenvalue weighted by molar-refractivity contribution is 5.91. The molecule has 0 aromatic heterocycles. The Balaban J connectivity index is 1.34. The van der Waals surface area contributed by atoms with Gasteiger partial charge >= 0.3 is 12.1 Å². The maximum Gasteiger partial charge on any atom is 0.407 e. The molecule has 1 aliphatic rings. The van der Waals surface area contributed by atoms with Crippen molar-refractivity contribution < 1.29 is 34.1 Å². The van der Waals surface area contributed by atoms with Crippen LogP contribution in [0.25, 0.3) is 11.1 Å². The van der Waals surface area contributed by atoms with E-state index >= 15 is 0 Å². The fourth-order valence-electron chi connectivity index (χ4n) is 5.15. The van der Waals surface area contributed by atoms with Gasteiger partial charge in [-0.3, -0.25) is 9.59 Å². The van der Waals surface area contributed by atoms with Gasteiger partial charge in [-0.2, -0.15) is 0 Å². The van der Waals surface area contributed by atoms with Gasteiger partial charge in [-0.1, -0.05) is 60.7 Å². The minimum absolute atomic E-state index is 0.0257. The average molecular weight is 589 g/mol. The number of hydrogen-bond acceptors (Lipinski definition) is 7. The second-order valence-electron chi connectivity index (χ2n) is 10.4. The molecule has 43 heavy (non-hydrogen) atoms. The molecular weight excluding hydrogens is 552 g/mol. The Morgan fingerprint density at radius 2 is 1.47 bits per heavy atom. The number of aromatic hydroxyl groups is 1. The molecule has 0 bridgehead atoms. The molecule has 0 radical (unpaired) electrons. The number of unbranched alkanes of at least 4 members (excludes halogenated alkanes) is 1. The van der Waals surface area contributed by atoms with E-state index in [1.54, 1.807) is 12.1 Å². The van der Waals surface area contributed by atoms with E-state index in [-0.39, 0.29) is 31.1 Å². The number of aliphatic carboxylic acids is 1. The summed E-state index contributed by atoms with van der Waals surface area (Å²) in [7, 11) is 0. The van der Waals surface area contributed by atoms with E-state index in [2.05, 4.69) is 16.0 Å². The molecule has 11 heteroatoms. The van der Waals surface area contributed by atoms with Crippen molar-refractivity contribution in [1.82, 2.24) is 16.0 Å². The molecule has 0 heterocycles. The average Bonchev–Trinajstić information content (AvgIpc) is 3.32. The van der Waals surface area contributed by atoms with Gasteiger partial charge in [0.15, 0.2) is 0 Å². The van der Waals surface area contributed by atoms with Crippen LogP contribution < -0.4 is 21.7 Å². The third kappa shape index (κ3) is 8.32. The molecule has 3 aromatic carbocycles. The van der Waals surface area contributed by atoms with Crippen LogP contribution in [0.3, 0.4) is 0 Å². The van der Waals surface area contributed by atoms with Crippen molar-refractivity contribution in [2.45, 2.75) is 43.7 Å². The Bertz CT molecular complexity index is 1400. The van der Waals surface area contributed by atoms with Crippen molar-refractivity contribution in [3.8, 4) is 16.9 Å². The first-order chi connectivity index (χ1) is 20.8. The second-order valence-corrected chi connectivity index (χ2v) is 10.4. The molecule has 3 amide bonds. The topological polar surface area (TPSA) is 180 Å². The van der Waals surface area contributed by atoms with Crippen LogP contribution in [0, 0.1) is 0 Å². The first-order valence-corrected chi connectivity index (χ1v) is 14.2. The number of carbonyl (C=O) groups is 4. The van der Waals surface area contributed by atoms with E-state index in [1.807, 2.05) is 48.5 Å². The quantitative estimate of drug-likeness (QED) is 0.156. The molecule has 7 N–H and O–H groups in total. The molecule has 0 saturated heterocycles. The Kier molecular flexibility index (Phi) is 10.7. The molecule has 2 atom stereocenters. The SMILES string of the molecule is NCCCC[C@H](NC(=O)[C@H](Cc1ccc(O)cc1)NC(=O)CNC(=O)OCC1c2ccccc2-c2ccccc21)C(=O)O. The summed E-state index contributed by atoms with van der Waals surface area (Å²) in [5, 5.41) is 26.6. The molecule has 0 fully saturated rings. The maximum absolute atomic E-state index is 13.1. The zero-order chi connectivity index (χ0) is 30.8. The highest BCUT2D eigenvalue weighted by Gasteiger charge is 2.30. The van der Waals surface area contributed by atoms with Crippen molar-refractivity contribution in [3.63, 3.8) is 0 Å². The lowest BCUT2D eigenvalue weighted by molar-refractivity contribution is -0.142. The van der Waals surface area contributed by atoms with Crippen LogP contribution in [-0.4, -0.2) is 65.9 Å². The standard InChI is InChI=1S/C32H36N4O7/c33-16-6-5-11-27(31(40)41)36-30(39)28(17-20-12-14-21(37)15-13-20)35-29(38)18-34-32(42)43-19-26-24-9-3-1-7-22(24)23-8-2-4-10-25(23)26/h1-4,7-10,12-15,26-28,37H,5-6,11,16-19,33H2,(H,34,42)(H,35,38)(H,36,39)(H,40,41)/t27-,28-/m0/s1. The molecule has 3 aromatic rings. The molecule has 0 saturated carbocycles. The number of rotatable bonds is 14. The van der Waals surface area contributed by atoms with Crippen molar-refractivity contribution in [1.29, 1.82) is 0 Å². The fraction of sp³-hybridized carbons (Fsp3) is 0.312. The van der Waals surface area contributed by atoms with E-state index in [9.17, 15) is 29.4 Å². The zero-order valence-electron chi connectivity index (χ0n) is 23.6. The minimum Gasteiger partial charge on any atom is -0.508 e. The molecule has 11 nitrogen and oxygen atoms in total. The van der Waals surface area contributed by atoms with Gasteiger partial charge in [0, 0.05) is 12.3 Å². The van der Waals surface area contributed by atoms with Gasteiger partial charge in [-0.05, 0) is 65.8 Å². The van der Waals surface area contributed by atoms with Gasteiger partial charge in [0.2, 0.25) is 11.8 Å². The van der Waals surface area contributed by atoms with Gasteiger partial charge in [0.25, 0.3) is 0 Å². The van der Waals surface area contributed by atoms with Crippen LogP contribution in [0.1, 0.15) is 41.9 Å². The summed E-state index contributed by atoms with van der Waals surface area (Å²) in [4.78, 5) is 50.1. The van der Waals surface area contributed by atoms with Crippen LogP contribution in [0.4, 0.5) is 4.79 Å². The lowest BCUT2D eigenvalue weighted by atomic mass is 9.98. The number of fused-ring (bicyclic) bond motifs is 3. The Morgan fingerprint density at radius 3 is 2.07 bits per heavy atom. The predicted molar refractivity (Wildman–Crippen MR) is 159 cm³/mol. The van der Waals surface area contributed by atoms with Crippen LogP contribution in [0.5, 0.6) is 5.75 Å². The summed E-state index contributed by atoms with van der Waals surface area (Å²) in [5.74, 6) is -2.66. The highest BCUT2D eigenvalue weighted by atomic mass is 16.5. The monoisotopic (exact) mass is 588 g/mol. The number of amides is 3. The number of carboxylic acid groups (broad SMARTS) is 1. The summed E-state index contributed by atoms with van der Waals surface area (Å²) in [6.45, 7) is 0.0134. The van der Waals surface area contributed by atoms with Gasteiger partial charge in [0.1, 0.15) is 31.0 Å². The molecule has 1 aliphatic carbocycles. The number of alkyl carbamates (subject to hydrolysis) is 1. The normalized spacial score (nSPS) is 13.2. The van der Waals surface area contributed by atoms with Crippen LogP contribution in [-0.2, 0) is 25.5 Å². The van der Waals surface area contributed by atoms with E-state index in [0.717, 1.165) is 22.3 Å². The Morgan fingerprint density at radius 1 is 0.837 bits per heavy atom. The van der Waals surface area contributed by atoms with Crippen molar-refractivity contribution in [2.24, 2.45) is 5.73 Å². The number of hydrogen-bond donors (Lipinski definition) is 6.